The van der Waals surface area contributed by atoms with Gasteiger partial charge in [-0.15, -0.1) is 0 Å². The first kappa shape index (κ1) is 12.1. The van der Waals surface area contributed by atoms with Gasteiger partial charge in [0.1, 0.15) is 12.4 Å². The summed E-state index contributed by atoms with van der Waals surface area (Å²) in [5.74, 6) is 1.09. The number of aryl methyl sites for hydroxylation is 2. The summed E-state index contributed by atoms with van der Waals surface area (Å²) in [5, 5.41) is 2.99. The van der Waals surface area contributed by atoms with Crippen LogP contribution in [-0.2, 0) is 22.5 Å². The molecule has 0 saturated heterocycles. The van der Waals surface area contributed by atoms with Crippen LogP contribution in [-0.4, -0.2) is 34.7 Å². The minimum atomic E-state index is -0.0304. The molecule has 5 heteroatoms. The molecule has 0 aromatic carbocycles. The Morgan fingerprint density at radius 3 is 3.29 bits per heavy atom. The number of carbonyl (C=O) groups excluding carboxylic acids is 1. The Morgan fingerprint density at radius 1 is 1.71 bits per heavy atom. The maximum absolute atomic E-state index is 11.5. The van der Waals surface area contributed by atoms with Gasteiger partial charge in [-0.2, -0.15) is 0 Å². The highest BCUT2D eigenvalue weighted by molar-refractivity contribution is 5.77. The molecule has 0 bridgehead atoms. The van der Waals surface area contributed by atoms with Gasteiger partial charge >= 0.3 is 0 Å². The average molecular weight is 237 g/mol. The summed E-state index contributed by atoms with van der Waals surface area (Å²) < 4.78 is 7.21. The van der Waals surface area contributed by atoms with E-state index in [1.807, 2.05) is 20.0 Å². The largest absolute Gasteiger partial charge is 0.372 e. The molecule has 0 saturated carbocycles. The van der Waals surface area contributed by atoms with Crippen LogP contribution in [0.4, 0.5) is 0 Å². The summed E-state index contributed by atoms with van der Waals surface area (Å²) in [4.78, 5) is 16.0. The second-order valence-electron chi connectivity index (χ2n) is 4.39. The Kier molecular flexibility index (Phi) is 3.78. The highest BCUT2D eigenvalue weighted by Crippen LogP contribution is 2.14. The predicted molar refractivity (Wildman–Crippen MR) is 63.7 cm³/mol. The number of hydrogen-bond acceptors (Lipinski definition) is 3. The fraction of sp³-hybridized carbons (Fsp3) is 0.667. The zero-order chi connectivity index (χ0) is 12.3. The van der Waals surface area contributed by atoms with Gasteiger partial charge in [0.25, 0.3) is 0 Å². The van der Waals surface area contributed by atoms with Crippen molar-refractivity contribution in [2.24, 2.45) is 0 Å². The minimum Gasteiger partial charge on any atom is -0.372 e. The molecule has 1 aliphatic heterocycles. The van der Waals surface area contributed by atoms with Crippen LogP contribution >= 0.6 is 0 Å². The van der Waals surface area contributed by atoms with Crippen molar-refractivity contribution in [3.05, 3.63) is 17.7 Å². The van der Waals surface area contributed by atoms with E-state index in [2.05, 4.69) is 14.9 Å². The second-order valence-corrected chi connectivity index (χ2v) is 4.39. The number of hydrogen-bond donors (Lipinski definition) is 1. The molecule has 1 unspecified atom stereocenters. The van der Waals surface area contributed by atoms with Gasteiger partial charge in [-0.25, -0.2) is 4.98 Å². The Bertz CT molecular complexity index is 400. The van der Waals surface area contributed by atoms with E-state index in [0.717, 1.165) is 30.9 Å². The third kappa shape index (κ3) is 3.06. The van der Waals surface area contributed by atoms with E-state index in [9.17, 15) is 4.79 Å². The number of ether oxygens (including phenoxy) is 1. The van der Waals surface area contributed by atoms with E-state index in [4.69, 9.17) is 4.74 Å². The number of nitrogens with zero attached hydrogens (tertiary/aromatic N) is 2. The van der Waals surface area contributed by atoms with Gasteiger partial charge in [0.2, 0.25) is 5.91 Å². The van der Waals surface area contributed by atoms with Crippen LogP contribution < -0.4 is 5.32 Å². The van der Waals surface area contributed by atoms with Crippen molar-refractivity contribution < 1.29 is 9.53 Å². The van der Waals surface area contributed by atoms with Crippen molar-refractivity contribution in [1.82, 2.24) is 14.9 Å². The standard InChI is InChI=1S/C12H19N3O2/c1-3-17-8-12(16)14-10-4-5-11-13-9(2)6-15(11)7-10/h6,10H,3-5,7-8H2,1-2H3,(H,14,16). The van der Waals surface area contributed by atoms with Crippen molar-refractivity contribution >= 4 is 5.91 Å². The molecule has 0 aliphatic carbocycles. The second kappa shape index (κ2) is 5.31. The summed E-state index contributed by atoms with van der Waals surface area (Å²) in [6.45, 7) is 5.42. The SMILES string of the molecule is CCOCC(=O)NC1CCc2nc(C)cn2C1. The molecule has 2 rings (SSSR count). The molecule has 0 spiro atoms. The lowest BCUT2D eigenvalue weighted by Gasteiger charge is -2.24. The van der Waals surface area contributed by atoms with E-state index in [1.54, 1.807) is 0 Å². The van der Waals surface area contributed by atoms with Crippen molar-refractivity contribution in [2.45, 2.75) is 39.3 Å². The Balaban J connectivity index is 1.87. The monoisotopic (exact) mass is 237 g/mol. The Hall–Kier alpha value is -1.36. The molecule has 5 nitrogen and oxygen atoms in total. The summed E-state index contributed by atoms with van der Waals surface area (Å²) in [7, 11) is 0. The number of amides is 1. The average Bonchev–Trinajstić information content (AvgIpc) is 2.65. The van der Waals surface area contributed by atoms with Crippen LogP contribution in [0.15, 0.2) is 6.20 Å². The maximum Gasteiger partial charge on any atom is 0.246 e. The van der Waals surface area contributed by atoms with Crippen molar-refractivity contribution in [3.8, 4) is 0 Å². The van der Waals surface area contributed by atoms with Crippen LogP contribution in [0.25, 0.3) is 0 Å². The molecular formula is C12H19N3O2. The van der Waals surface area contributed by atoms with Crippen LogP contribution in [0.2, 0.25) is 0 Å². The Labute approximate surface area is 101 Å². The molecule has 1 aliphatic rings. The summed E-state index contributed by atoms with van der Waals surface area (Å²) >= 11 is 0. The lowest BCUT2D eigenvalue weighted by atomic mass is 10.1. The fourth-order valence-corrected chi connectivity index (χ4v) is 2.17. The van der Waals surface area contributed by atoms with Gasteiger partial charge in [-0.1, -0.05) is 0 Å². The van der Waals surface area contributed by atoms with Crippen LogP contribution in [0.5, 0.6) is 0 Å². The first-order chi connectivity index (χ1) is 8.19. The number of aromatic nitrogens is 2. The van der Waals surface area contributed by atoms with Crippen LogP contribution in [0, 0.1) is 6.92 Å². The van der Waals surface area contributed by atoms with Gasteiger partial charge in [0, 0.05) is 31.8 Å². The molecule has 1 N–H and O–H groups in total. The topological polar surface area (TPSA) is 56.1 Å². The summed E-state index contributed by atoms with van der Waals surface area (Å²) in [6.07, 6.45) is 3.91. The summed E-state index contributed by atoms with van der Waals surface area (Å²) in [5.41, 5.74) is 1.04. The number of fused-ring (bicyclic) bond motifs is 1. The van der Waals surface area contributed by atoms with Crippen LogP contribution in [0.3, 0.4) is 0 Å². The van der Waals surface area contributed by atoms with E-state index in [-0.39, 0.29) is 18.6 Å². The maximum atomic E-state index is 11.5. The normalized spacial score (nSPS) is 18.8. The van der Waals surface area contributed by atoms with Gasteiger partial charge in [0.05, 0.1) is 5.69 Å². The highest BCUT2D eigenvalue weighted by Gasteiger charge is 2.20. The molecule has 1 atom stereocenters. The number of imidazole rings is 1. The van der Waals surface area contributed by atoms with E-state index < -0.39 is 0 Å². The first-order valence-electron chi connectivity index (χ1n) is 6.08. The van der Waals surface area contributed by atoms with Gasteiger partial charge in [-0.05, 0) is 20.3 Å². The number of nitrogens with one attached hydrogen (secondary N) is 1. The van der Waals surface area contributed by atoms with Gasteiger partial charge in [-0.3, -0.25) is 4.79 Å². The van der Waals surface area contributed by atoms with Crippen molar-refractivity contribution in [3.63, 3.8) is 0 Å². The third-order valence-corrected chi connectivity index (χ3v) is 2.92. The lowest BCUT2D eigenvalue weighted by molar-refractivity contribution is -0.126. The molecule has 0 radical (unpaired) electrons. The minimum absolute atomic E-state index is 0.0304. The lowest BCUT2D eigenvalue weighted by Crippen LogP contribution is -2.42. The van der Waals surface area contributed by atoms with Crippen molar-refractivity contribution in [1.29, 1.82) is 0 Å². The van der Waals surface area contributed by atoms with E-state index in [1.165, 1.54) is 0 Å². The molecule has 1 aromatic heterocycles. The van der Waals surface area contributed by atoms with E-state index >= 15 is 0 Å². The van der Waals surface area contributed by atoms with Crippen molar-refractivity contribution in [2.75, 3.05) is 13.2 Å². The predicted octanol–water partition coefficient (Wildman–Crippen LogP) is 0.659. The molecule has 17 heavy (non-hydrogen) atoms. The molecule has 1 aromatic rings. The van der Waals surface area contributed by atoms with Crippen LogP contribution in [0.1, 0.15) is 24.9 Å². The molecule has 94 valence electrons. The highest BCUT2D eigenvalue weighted by atomic mass is 16.5. The zero-order valence-electron chi connectivity index (χ0n) is 10.4. The number of rotatable bonds is 4. The van der Waals surface area contributed by atoms with E-state index in [0.29, 0.717) is 6.61 Å². The molecule has 0 fully saturated rings. The Morgan fingerprint density at radius 2 is 2.53 bits per heavy atom. The van der Waals surface area contributed by atoms with Gasteiger partial charge in [0.15, 0.2) is 0 Å². The quantitative estimate of drug-likeness (QED) is 0.837. The smallest absolute Gasteiger partial charge is 0.246 e. The zero-order valence-corrected chi connectivity index (χ0v) is 10.4. The number of carbonyl (C=O) groups is 1. The summed E-state index contributed by atoms with van der Waals surface area (Å²) in [6, 6.07) is 0.198. The fourth-order valence-electron chi connectivity index (χ4n) is 2.17. The van der Waals surface area contributed by atoms with Gasteiger partial charge < -0.3 is 14.6 Å². The molecule has 2 heterocycles. The first-order valence-corrected chi connectivity index (χ1v) is 6.08. The molecular weight excluding hydrogens is 218 g/mol. The molecule has 1 amide bonds. The third-order valence-electron chi connectivity index (χ3n) is 2.92.